The van der Waals surface area contributed by atoms with Crippen LogP contribution in [0.4, 0.5) is 4.39 Å². The molecule has 0 aromatic heterocycles. The fourth-order valence-corrected chi connectivity index (χ4v) is 2.70. The van der Waals surface area contributed by atoms with Crippen molar-refractivity contribution in [2.24, 2.45) is 0 Å². The van der Waals surface area contributed by atoms with Gasteiger partial charge in [-0.2, -0.15) is 0 Å². The lowest BCUT2D eigenvalue weighted by Crippen LogP contribution is -2.04. The van der Waals surface area contributed by atoms with E-state index in [0.29, 0.717) is 4.83 Å². The second-order valence-corrected chi connectivity index (χ2v) is 6.25. The number of hydrogen-bond acceptors (Lipinski definition) is 0. The third kappa shape index (κ3) is 4.79. The van der Waals surface area contributed by atoms with Gasteiger partial charge in [-0.25, -0.2) is 4.39 Å². The smallest absolute Gasteiger partial charge is 0.123 e. The lowest BCUT2D eigenvalue weighted by atomic mass is 10.0. The van der Waals surface area contributed by atoms with Crippen molar-refractivity contribution in [2.45, 2.75) is 31.0 Å². The van der Waals surface area contributed by atoms with Crippen LogP contribution < -0.4 is 0 Å². The Hall–Kier alpha value is -1.15. The maximum Gasteiger partial charge on any atom is 0.123 e. The van der Waals surface area contributed by atoms with Crippen molar-refractivity contribution in [3.8, 4) is 0 Å². The third-order valence-corrected chi connectivity index (χ3v) is 3.99. The van der Waals surface area contributed by atoms with Gasteiger partial charge in [-0.05, 0) is 49.4 Å². The van der Waals surface area contributed by atoms with Gasteiger partial charge in [-0.15, -0.1) is 0 Å². The molecule has 0 heterocycles. The molecule has 0 fully saturated rings. The van der Waals surface area contributed by atoms with Gasteiger partial charge in [-0.1, -0.05) is 57.9 Å². The summed E-state index contributed by atoms with van der Waals surface area (Å²) in [7, 11) is 0. The maximum absolute atomic E-state index is 13.1. The van der Waals surface area contributed by atoms with Crippen molar-refractivity contribution in [2.75, 3.05) is 0 Å². The molecule has 0 saturated carbocycles. The monoisotopic (exact) mass is 320 g/mol. The number of benzene rings is 2. The molecular weight excluding hydrogens is 303 g/mol. The Labute approximate surface area is 122 Å². The normalized spacial score (nSPS) is 12.4. The lowest BCUT2D eigenvalue weighted by molar-refractivity contribution is 0.624. The molecule has 2 aromatic carbocycles. The maximum atomic E-state index is 13.1. The van der Waals surface area contributed by atoms with Crippen molar-refractivity contribution in [1.82, 2.24) is 0 Å². The Kier molecular flexibility index (Phi) is 5.15. The van der Waals surface area contributed by atoms with E-state index in [-0.39, 0.29) is 5.82 Å². The number of alkyl halides is 1. The molecule has 2 aromatic rings. The third-order valence-electron chi connectivity index (χ3n) is 3.21. The van der Waals surface area contributed by atoms with Crippen molar-refractivity contribution in [3.63, 3.8) is 0 Å². The summed E-state index contributed by atoms with van der Waals surface area (Å²) in [5.41, 5.74) is 3.69. The number of hydrogen-bond donors (Lipinski definition) is 0. The summed E-state index contributed by atoms with van der Waals surface area (Å²) in [4.78, 5) is 0.385. The lowest BCUT2D eigenvalue weighted by Gasteiger charge is -2.10. The zero-order valence-corrected chi connectivity index (χ0v) is 12.7. The molecule has 0 aliphatic rings. The highest BCUT2D eigenvalue weighted by atomic mass is 79.9. The van der Waals surface area contributed by atoms with Crippen molar-refractivity contribution >= 4 is 15.9 Å². The minimum atomic E-state index is -0.157. The minimum Gasteiger partial charge on any atom is -0.207 e. The number of rotatable bonds is 5. The highest BCUT2D eigenvalue weighted by Crippen LogP contribution is 2.17. The van der Waals surface area contributed by atoms with Crippen LogP contribution in [0.1, 0.15) is 23.1 Å². The van der Waals surface area contributed by atoms with Crippen LogP contribution in [0.15, 0.2) is 48.5 Å². The van der Waals surface area contributed by atoms with E-state index in [2.05, 4.69) is 47.1 Å². The predicted octanol–water partition coefficient (Wildman–Crippen LogP) is 5.07. The summed E-state index contributed by atoms with van der Waals surface area (Å²) < 4.78 is 13.1. The molecule has 1 unspecified atom stereocenters. The van der Waals surface area contributed by atoms with Crippen LogP contribution in [-0.2, 0) is 12.8 Å². The predicted molar refractivity (Wildman–Crippen MR) is 82.3 cm³/mol. The van der Waals surface area contributed by atoms with Gasteiger partial charge in [0.2, 0.25) is 0 Å². The molecule has 1 atom stereocenters. The first-order chi connectivity index (χ1) is 9.13. The van der Waals surface area contributed by atoms with Gasteiger partial charge < -0.3 is 0 Å². The second kappa shape index (κ2) is 6.85. The van der Waals surface area contributed by atoms with E-state index >= 15 is 0 Å². The fraction of sp³-hybridized carbons (Fsp3) is 0.294. The Bertz CT molecular complexity index is 519. The summed E-state index contributed by atoms with van der Waals surface area (Å²) in [5.74, 6) is -0.157. The Morgan fingerprint density at radius 3 is 2.47 bits per heavy atom. The molecule has 100 valence electrons. The van der Waals surface area contributed by atoms with E-state index in [9.17, 15) is 4.39 Å². The van der Waals surface area contributed by atoms with Crippen LogP contribution in [-0.4, -0.2) is 4.83 Å². The first kappa shape index (κ1) is 14.3. The molecule has 2 heteroatoms. The van der Waals surface area contributed by atoms with E-state index in [0.717, 1.165) is 24.8 Å². The van der Waals surface area contributed by atoms with Crippen molar-refractivity contribution < 1.29 is 4.39 Å². The molecule has 0 radical (unpaired) electrons. The number of aryl methyl sites for hydroxylation is 2. The molecule has 0 amide bonds. The summed E-state index contributed by atoms with van der Waals surface area (Å²) >= 11 is 3.69. The van der Waals surface area contributed by atoms with Gasteiger partial charge in [-0.3, -0.25) is 0 Å². The summed E-state index contributed by atoms with van der Waals surface area (Å²) in [6.07, 6.45) is 2.97. The average molecular weight is 321 g/mol. The van der Waals surface area contributed by atoms with Crippen molar-refractivity contribution in [3.05, 3.63) is 71.0 Å². The SMILES string of the molecule is Cc1ccc(CCC(Br)Cc2cccc(F)c2)cc1. The van der Waals surface area contributed by atoms with Gasteiger partial charge >= 0.3 is 0 Å². The van der Waals surface area contributed by atoms with Crippen LogP contribution >= 0.6 is 15.9 Å². The molecule has 0 N–H and O–H groups in total. The molecule has 0 aliphatic carbocycles. The van der Waals surface area contributed by atoms with E-state index in [1.54, 1.807) is 12.1 Å². The highest BCUT2D eigenvalue weighted by Gasteiger charge is 2.06. The fourth-order valence-electron chi connectivity index (χ4n) is 2.10. The molecular formula is C17H18BrF. The molecule has 0 bridgehead atoms. The minimum absolute atomic E-state index is 0.157. The van der Waals surface area contributed by atoms with E-state index < -0.39 is 0 Å². The Morgan fingerprint density at radius 1 is 1.05 bits per heavy atom. The highest BCUT2D eigenvalue weighted by molar-refractivity contribution is 9.09. The van der Waals surface area contributed by atoms with Gasteiger partial charge in [0.1, 0.15) is 5.82 Å². The molecule has 0 aliphatic heterocycles. The van der Waals surface area contributed by atoms with Gasteiger partial charge in [0.15, 0.2) is 0 Å². The van der Waals surface area contributed by atoms with Crippen LogP contribution in [0.25, 0.3) is 0 Å². The first-order valence-corrected chi connectivity index (χ1v) is 7.49. The Balaban J connectivity index is 1.84. The molecule has 19 heavy (non-hydrogen) atoms. The van der Waals surface area contributed by atoms with Crippen LogP contribution in [0.3, 0.4) is 0 Å². The van der Waals surface area contributed by atoms with E-state index in [4.69, 9.17) is 0 Å². The Morgan fingerprint density at radius 2 is 1.79 bits per heavy atom. The zero-order chi connectivity index (χ0) is 13.7. The molecule has 0 nitrogen and oxygen atoms in total. The number of halogens is 2. The van der Waals surface area contributed by atoms with E-state index in [1.165, 1.54) is 17.2 Å². The zero-order valence-electron chi connectivity index (χ0n) is 11.1. The first-order valence-electron chi connectivity index (χ1n) is 6.57. The van der Waals surface area contributed by atoms with E-state index in [1.807, 2.05) is 6.07 Å². The quantitative estimate of drug-likeness (QED) is 0.674. The van der Waals surface area contributed by atoms with Crippen LogP contribution in [0.5, 0.6) is 0 Å². The van der Waals surface area contributed by atoms with Crippen LogP contribution in [0, 0.1) is 12.7 Å². The van der Waals surface area contributed by atoms with Crippen molar-refractivity contribution in [1.29, 1.82) is 0 Å². The average Bonchev–Trinajstić information content (AvgIpc) is 2.38. The molecule has 0 spiro atoms. The molecule has 0 saturated heterocycles. The van der Waals surface area contributed by atoms with Crippen LogP contribution in [0.2, 0.25) is 0 Å². The second-order valence-electron chi connectivity index (χ2n) is 4.96. The summed E-state index contributed by atoms with van der Waals surface area (Å²) in [6, 6.07) is 15.5. The topological polar surface area (TPSA) is 0 Å². The van der Waals surface area contributed by atoms with Gasteiger partial charge in [0.05, 0.1) is 0 Å². The summed E-state index contributed by atoms with van der Waals surface area (Å²) in [5, 5.41) is 0. The van der Waals surface area contributed by atoms with Gasteiger partial charge in [0, 0.05) is 4.83 Å². The largest absolute Gasteiger partial charge is 0.207 e. The summed E-state index contributed by atoms with van der Waals surface area (Å²) in [6.45, 7) is 2.10. The van der Waals surface area contributed by atoms with Gasteiger partial charge in [0.25, 0.3) is 0 Å². The standard InChI is InChI=1S/C17H18BrF/c1-13-5-7-14(8-6-13)9-10-16(18)11-15-3-2-4-17(19)12-15/h2-8,12,16H,9-11H2,1H3. The molecule has 2 rings (SSSR count).